The molecule has 0 bridgehead atoms. The van der Waals surface area contributed by atoms with Gasteiger partial charge in [0.15, 0.2) is 0 Å². The van der Waals surface area contributed by atoms with Crippen molar-refractivity contribution < 1.29 is 14.3 Å². The zero-order valence-electron chi connectivity index (χ0n) is 7.22. The van der Waals surface area contributed by atoms with Crippen molar-refractivity contribution in [2.45, 2.75) is 19.4 Å². The van der Waals surface area contributed by atoms with Crippen molar-refractivity contribution in [3.8, 4) is 0 Å². The summed E-state index contributed by atoms with van der Waals surface area (Å²) in [5.74, 6) is 0. The molecule has 0 fully saturated rings. The molecular weight excluding hydrogens is 146 g/mol. The van der Waals surface area contributed by atoms with Crippen LogP contribution in [0.1, 0.15) is 13.3 Å². The first-order valence-corrected chi connectivity index (χ1v) is 3.54. The van der Waals surface area contributed by atoms with E-state index in [9.17, 15) is 4.79 Å². The molecule has 0 saturated carbocycles. The van der Waals surface area contributed by atoms with Crippen LogP contribution in [0.15, 0.2) is 0 Å². The molecule has 0 radical (unpaired) electrons. The van der Waals surface area contributed by atoms with Crippen molar-refractivity contribution in [1.29, 1.82) is 0 Å². The number of carbonyl (C=O) groups excluding carboxylic acids is 1. The highest BCUT2D eigenvalue weighted by atomic mass is 16.5. The average molecular weight is 161 g/mol. The summed E-state index contributed by atoms with van der Waals surface area (Å²) in [4.78, 5) is 10.6. The quantitative estimate of drug-likeness (QED) is 0.662. The monoisotopic (exact) mass is 161 g/mol. The van der Waals surface area contributed by atoms with Crippen molar-refractivity contribution in [3.63, 3.8) is 0 Å². The number of hydrogen-bond donors (Lipinski definition) is 1. The lowest BCUT2D eigenvalue weighted by atomic mass is 10.2. The standard InChI is InChI=1S/C7H15NO3/c1-6(4-5-10-2)8-7(9)11-3/h6H,4-5H2,1-3H3,(H,8,9)/t6-/m0/s1. The number of amides is 1. The van der Waals surface area contributed by atoms with E-state index >= 15 is 0 Å². The zero-order valence-corrected chi connectivity index (χ0v) is 7.22. The van der Waals surface area contributed by atoms with Crippen molar-refractivity contribution in [2.75, 3.05) is 20.8 Å². The molecule has 0 saturated heterocycles. The van der Waals surface area contributed by atoms with Crippen LogP contribution in [0.25, 0.3) is 0 Å². The van der Waals surface area contributed by atoms with Crippen LogP contribution in [0, 0.1) is 0 Å². The second-order valence-corrected chi connectivity index (χ2v) is 2.32. The maximum absolute atomic E-state index is 10.6. The van der Waals surface area contributed by atoms with E-state index in [4.69, 9.17) is 4.74 Å². The molecule has 0 unspecified atom stereocenters. The average Bonchev–Trinajstić information content (AvgIpc) is 2.00. The summed E-state index contributed by atoms with van der Waals surface area (Å²) in [7, 11) is 2.98. The van der Waals surface area contributed by atoms with Gasteiger partial charge in [-0.1, -0.05) is 0 Å². The molecule has 1 atom stereocenters. The van der Waals surface area contributed by atoms with E-state index in [-0.39, 0.29) is 6.04 Å². The lowest BCUT2D eigenvalue weighted by molar-refractivity contribution is 0.158. The molecule has 11 heavy (non-hydrogen) atoms. The second-order valence-electron chi connectivity index (χ2n) is 2.32. The predicted octanol–water partition coefficient (Wildman–Crippen LogP) is 0.767. The summed E-state index contributed by atoms with van der Waals surface area (Å²) in [5, 5.41) is 2.62. The molecule has 0 aliphatic heterocycles. The number of nitrogens with one attached hydrogen (secondary N) is 1. The molecule has 0 aromatic carbocycles. The molecule has 0 aromatic rings. The fourth-order valence-corrected chi connectivity index (χ4v) is 0.627. The third-order valence-electron chi connectivity index (χ3n) is 1.30. The van der Waals surface area contributed by atoms with Gasteiger partial charge in [-0.2, -0.15) is 0 Å². The molecule has 0 aliphatic rings. The third kappa shape index (κ3) is 5.66. The van der Waals surface area contributed by atoms with Crippen molar-refractivity contribution in [2.24, 2.45) is 0 Å². The van der Waals surface area contributed by atoms with E-state index in [2.05, 4.69) is 10.1 Å². The summed E-state index contributed by atoms with van der Waals surface area (Å²) in [6.07, 6.45) is 0.402. The van der Waals surface area contributed by atoms with Crippen LogP contribution >= 0.6 is 0 Å². The van der Waals surface area contributed by atoms with Crippen LogP contribution in [0.3, 0.4) is 0 Å². The lowest BCUT2D eigenvalue weighted by Gasteiger charge is -2.11. The van der Waals surface area contributed by atoms with E-state index in [1.807, 2.05) is 6.92 Å². The number of carbonyl (C=O) groups is 1. The SMILES string of the molecule is COCC[C@H](C)NC(=O)OC. The van der Waals surface area contributed by atoms with E-state index in [0.29, 0.717) is 6.61 Å². The van der Waals surface area contributed by atoms with E-state index in [1.165, 1.54) is 7.11 Å². The Labute approximate surface area is 66.9 Å². The summed E-state index contributed by atoms with van der Waals surface area (Å²) in [5.41, 5.74) is 0. The summed E-state index contributed by atoms with van der Waals surface area (Å²) < 4.78 is 9.25. The Hall–Kier alpha value is -0.770. The Morgan fingerprint density at radius 3 is 2.64 bits per heavy atom. The van der Waals surface area contributed by atoms with Crippen LogP contribution in [0.2, 0.25) is 0 Å². The molecule has 4 heteroatoms. The fraction of sp³-hybridized carbons (Fsp3) is 0.857. The van der Waals surface area contributed by atoms with E-state index < -0.39 is 6.09 Å². The first-order chi connectivity index (χ1) is 5.20. The topological polar surface area (TPSA) is 47.6 Å². The predicted molar refractivity (Wildman–Crippen MR) is 41.5 cm³/mol. The molecule has 0 spiro atoms. The van der Waals surface area contributed by atoms with Gasteiger partial charge in [0, 0.05) is 19.8 Å². The first-order valence-electron chi connectivity index (χ1n) is 3.54. The maximum atomic E-state index is 10.6. The second kappa shape index (κ2) is 5.97. The normalized spacial score (nSPS) is 12.3. The van der Waals surface area contributed by atoms with Gasteiger partial charge in [0.1, 0.15) is 0 Å². The Morgan fingerprint density at radius 1 is 1.55 bits per heavy atom. The number of methoxy groups -OCH3 is 2. The van der Waals surface area contributed by atoms with Crippen LogP contribution in [-0.4, -0.2) is 33.0 Å². The number of ether oxygens (including phenoxy) is 2. The van der Waals surface area contributed by atoms with Crippen molar-refractivity contribution in [1.82, 2.24) is 5.32 Å². The number of hydrogen-bond acceptors (Lipinski definition) is 3. The molecule has 4 nitrogen and oxygen atoms in total. The highest BCUT2D eigenvalue weighted by Gasteiger charge is 2.04. The smallest absolute Gasteiger partial charge is 0.407 e. The van der Waals surface area contributed by atoms with Crippen molar-refractivity contribution in [3.05, 3.63) is 0 Å². The summed E-state index contributed by atoms with van der Waals surface area (Å²) >= 11 is 0. The van der Waals surface area contributed by atoms with Crippen molar-refractivity contribution >= 4 is 6.09 Å². The molecule has 1 amide bonds. The molecule has 66 valence electrons. The Kier molecular flexibility index (Phi) is 5.56. The summed E-state index contributed by atoms with van der Waals surface area (Å²) in [6.45, 7) is 2.54. The Bertz CT molecular complexity index is 116. The molecule has 0 rings (SSSR count). The van der Waals surface area contributed by atoms with Gasteiger partial charge >= 0.3 is 6.09 Å². The van der Waals surface area contributed by atoms with Gasteiger partial charge in [-0.05, 0) is 13.3 Å². The fourth-order valence-electron chi connectivity index (χ4n) is 0.627. The highest BCUT2D eigenvalue weighted by Crippen LogP contribution is 1.90. The minimum atomic E-state index is -0.395. The molecular formula is C7H15NO3. The lowest BCUT2D eigenvalue weighted by Crippen LogP contribution is -2.33. The van der Waals surface area contributed by atoms with Gasteiger partial charge in [0.25, 0.3) is 0 Å². The summed E-state index contributed by atoms with van der Waals surface area (Å²) in [6, 6.07) is 0.0994. The third-order valence-corrected chi connectivity index (χ3v) is 1.30. The Morgan fingerprint density at radius 2 is 2.18 bits per heavy atom. The minimum Gasteiger partial charge on any atom is -0.453 e. The Balaban J connectivity index is 3.35. The van der Waals surface area contributed by atoms with E-state index in [1.54, 1.807) is 7.11 Å². The van der Waals surface area contributed by atoms with Crippen LogP contribution in [0.4, 0.5) is 4.79 Å². The molecule has 0 heterocycles. The van der Waals surface area contributed by atoms with Crippen LogP contribution in [-0.2, 0) is 9.47 Å². The zero-order chi connectivity index (χ0) is 8.69. The number of rotatable bonds is 4. The molecule has 0 aromatic heterocycles. The van der Waals surface area contributed by atoms with Gasteiger partial charge in [0.05, 0.1) is 7.11 Å². The molecule has 0 aliphatic carbocycles. The van der Waals surface area contributed by atoms with Crippen LogP contribution in [0.5, 0.6) is 0 Å². The van der Waals surface area contributed by atoms with Crippen LogP contribution < -0.4 is 5.32 Å². The van der Waals surface area contributed by atoms with Gasteiger partial charge in [-0.15, -0.1) is 0 Å². The van der Waals surface area contributed by atoms with E-state index in [0.717, 1.165) is 6.42 Å². The minimum absolute atomic E-state index is 0.0994. The maximum Gasteiger partial charge on any atom is 0.407 e. The number of alkyl carbamates (subject to hydrolysis) is 1. The van der Waals surface area contributed by atoms with Gasteiger partial charge in [-0.25, -0.2) is 4.79 Å². The largest absolute Gasteiger partial charge is 0.453 e. The highest BCUT2D eigenvalue weighted by molar-refractivity contribution is 5.67. The van der Waals surface area contributed by atoms with Gasteiger partial charge < -0.3 is 14.8 Å². The van der Waals surface area contributed by atoms with Gasteiger partial charge in [-0.3, -0.25) is 0 Å². The molecule has 1 N–H and O–H groups in total. The van der Waals surface area contributed by atoms with Gasteiger partial charge in [0.2, 0.25) is 0 Å². The first kappa shape index (κ1) is 10.2.